The van der Waals surface area contributed by atoms with E-state index in [1.54, 1.807) is 16.8 Å². The van der Waals surface area contributed by atoms with Crippen LogP contribution in [0.1, 0.15) is 30.4 Å². The first-order valence-electron chi connectivity index (χ1n) is 7.32. The van der Waals surface area contributed by atoms with Gasteiger partial charge in [0.25, 0.3) is 5.91 Å². The van der Waals surface area contributed by atoms with Crippen LogP contribution in [0.25, 0.3) is 11.0 Å². The molecule has 112 valence electrons. The summed E-state index contributed by atoms with van der Waals surface area (Å²) in [5.74, 6) is 0.0663. The number of carbonyl (C=O) groups is 1. The average molecular weight is 294 g/mol. The molecule has 0 radical (unpaired) electrons. The van der Waals surface area contributed by atoms with Crippen LogP contribution in [0.15, 0.2) is 54.6 Å². The Hall–Kier alpha value is -2.69. The Morgan fingerprint density at radius 2 is 1.73 bits per heavy atom. The van der Waals surface area contributed by atoms with E-state index in [1.165, 1.54) is 0 Å². The summed E-state index contributed by atoms with van der Waals surface area (Å²) in [6.07, 6.45) is -0.250. The normalized spacial score (nSPS) is 12.5. The molecule has 0 aliphatic heterocycles. The molecule has 1 N–H and O–H groups in total. The van der Waals surface area contributed by atoms with Crippen molar-refractivity contribution in [2.45, 2.75) is 20.0 Å². The highest BCUT2D eigenvalue weighted by atomic mass is 16.1. The first-order chi connectivity index (χ1) is 10.7. The summed E-state index contributed by atoms with van der Waals surface area (Å²) in [4.78, 5) is 12.4. The van der Waals surface area contributed by atoms with Crippen LogP contribution in [-0.4, -0.2) is 20.9 Å². The molecule has 0 fully saturated rings. The van der Waals surface area contributed by atoms with Gasteiger partial charge in [0.2, 0.25) is 0 Å². The van der Waals surface area contributed by atoms with Gasteiger partial charge in [-0.25, -0.2) is 4.68 Å². The zero-order chi connectivity index (χ0) is 15.5. The molecule has 2 aromatic carbocycles. The van der Waals surface area contributed by atoms with E-state index < -0.39 is 0 Å². The lowest BCUT2D eigenvalue weighted by Crippen LogP contribution is -2.36. The molecular formula is C17H18N4O. The summed E-state index contributed by atoms with van der Waals surface area (Å²) in [6.45, 7) is 4.10. The van der Waals surface area contributed by atoms with Crippen LogP contribution in [0.2, 0.25) is 0 Å². The molecule has 1 heterocycles. The van der Waals surface area contributed by atoms with E-state index in [4.69, 9.17) is 0 Å². The van der Waals surface area contributed by atoms with Crippen molar-refractivity contribution in [3.63, 3.8) is 0 Å². The third-order valence-corrected chi connectivity index (χ3v) is 3.59. The predicted octanol–water partition coefficient (Wildman–Crippen LogP) is 3.02. The van der Waals surface area contributed by atoms with E-state index in [0.717, 1.165) is 11.0 Å². The Labute approximate surface area is 129 Å². The van der Waals surface area contributed by atoms with Gasteiger partial charge in [-0.2, -0.15) is 0 Å². The maximum Gasteiger partial charge on any atom is 0.252 e. The van der Waals surface area contributed by atoms with Crippen molar-refractivity contribution in [3.8, 4) is 0 Å². The average Bonchev–Trinajstić information content (AvgIpc) is 2.96. The molecule has 0 spiro atoms. The molecule has 1 unspecified atom stereocenters. The molecule has 1 aromatic heterocycles. The van der Waals surface area contributed by atoms with E-state index in [0.29, 0.717) is 5.56 Å². The van der Waals surface area contributed by atoms with Crippen LogP contribution in [0, 0.1) is 5.92 Å². The minimum absolute atomic E-state index is 0.112. The quantitative estimate of drug-likeness (QED) is 0.804. The number of fused-ring (bicyclic) bond motifs is 1. The molecule has 5 nitrogen and oxygen atoms in total. The fraction of sp³-hybridized carbons (Fsp3) is 0.235. The van der Waals surface area contributed by atoms with Gasteiger partial charge in [0.05, 0.1) is 5.52 Å². The van der Waals surface area contributed by atoms with Crippen molar-refractivity contribution in [1.29, 1.82) is 0 Å². The van der Waals surface area contributed by atoms with Gasteiger partial charge < -0.3 is 5.32 Å². The standard InChI is InChI=1S/C17H18N4O/c1-12(2)16(18-17(22)13-8-4-3-5-9-13)21-15-11-7-6-10-14(15)19-20-21/h3-12,16H,1-2H3,(H,18,22). The van der Waals surface area contributed by atoms with E-state index >= 15 is 0 Å². The minimum Gasteiger partial charge on any atom is -0.330 e. The Morgan fingerprint density at radius 1 is 1.05 bits per heavy atom. The number of carbonyl (C=O) groups excluding carboxylic acids is 1. The lowest BCUT2D eigenvalue weighted by Gasteiger charge is -2.23. The van der Waals surface area contributed by atoms with Crippen molar-refractivity contribution < 1.29 is 4.79 Å². The number of nitrogens with zero attached hydrogens (tertiary/aromatic N) is 3. The number of aromatic nitrogens is 3. The molecule has 0 saturated carbocycles. The van der Waals surface area contributed by atoms with E-state index in [1.807, 2.05) is 56.3 Å². The predicted molar refractivity (Wildman–Crippen MR) is 85.3 cm³/mol. The number of para-hydroxylation sites is 1. The second-order valence-corrected chi connectivity index (χ2v) is 5.55. The van der Waals surface area contributed by atoms with Gasteiger partial charge in [0.15, 0.2) is 0 Å². The number of amides is 1. The summed E-state index contributed by atoms with van der Waals surface area (Å²) in [5.41, 5.74) is 2.37. The van der Waals surface area contributed by atoms with Crippen molar-refractivity contribution in [3.05, 3.63) is 60.2 Å². The van der Waals surface area contributed by atoms with Gasteiger partial charge in [0.1, 0.15) is 11.7 Å². The van der Waals surface area contributed by atoms with Gasteiger partial charge in [-0.05, 0) is 30.2 Å². The first kappa shape index (κ1) is 14.3. The van der Waals surface area contributed by atoms with Crippen LogP contribution >= 0.6 is 0 Å². The van der Waals surface area contributed by atoms with Crippen molar-refractivity contribution in [2.75, 3.05) is 0 Å². The fourth-order valence-electron chi connectivity index (χ4n) is 2.41. The zero-order valence-corrected chi connectivity index (χ0v) is 12.6. The van der Waals surface area contributed by atoms with E-state index in [2.05, 4.69) is 15.6 Å². The second-order valence-electron chi connectivity index (χ2n) is 5.55. The first-order valence-corrected chi connectivity index (χ1v) is 7.32. The third kappa shape index (κ3) is 2.70. The molecule has 0 bridgehead atoms. The lowest BCUT2D eigenvalue weighted by molar-refractivity contribution is 0.0896. The van der Waals surface area contributed by atoms with Crippen molar-refractivity contribution in [2.24, 2.45) is 5.92 Å². The monoisotopic (exact) mass is 294 g/mol. The zero-order valence-electron chi connectivity index (χ0n) is 12.6. The molecule has 1 atom stereocenters. The number of nitrogens with one attached hydrogen (secondary N) is 1. The Kier molecular flexibility index (Phi) is 3.87. The summed E-state index contributed by atoms with van der Waals surface area (Å²) >= 11 is 0. The number of benzene rings is 2. The topological polar surface area (TPSA) is 59.8 Å². The Bertz CT molecular complexity index is 779. The van der Waals surface area contributed by atoms with Crippen LogP contribution in [0.5, 0.6) is 0 Å². The summed E-state index contributed by atoms with van der Waals surface area (Å²) in [7, 11) is 0. The van der Waals surface area contributed by atoms with Crippen LogP contribution in [-0.2, 0) is 0 Å². The molecule has 0 aliphatic carbocycles. The van der Waals surface area contributed by atoms with Gasteiger partial charge in [0, 0.05) is 5.56 Å². The molecule has 3 aromatic rings. The highest BCUT2D eigenvalue weighted by molar-refractivity contribution is 5.94. The van der Waals surface area contributed by atoms with Crippen molar-refractivity contribution in [1.82, 2.24) is 20.3 Å². The maximum atomic E-state index is 12.4. The largest absolute Gasteiger partial charge is 0.330 e. The number of rotatable bonds is 4. The van der Waals surface area contributed by atoms with Crippen LogP contribution in [0.3, 0.4) is 0 Å². The van der Waals surface area contributed by atoms with E-state index in [-0.39, 0.29) is 18.0 Å². The third-order valence-electron chi connectivity index (χ3n) is 3.59. The molecule has 22 heavy (non-hydrogen) atoms. The molecule has 3 rings (SSSR count). The number of hydrogen-bond acceptors (Lipinski definition) is 3. The second kappa shape index (κ2) is 5.97. The molecule has 5 heteroatoms. The van der Waals surface area contributed by atoms with Crippen LogP contribution < -0.4 is 5.32 Å². The van der Waals surface area contributed by atoms with Gasteiger partial charge in [-0.15, -0.1) is 5.10 Å². The van der Waals surface area contributed by atoms with E-state index in [9.17, 15) is 4.79 Å². The van der Waals surface area contributed by atoms with Gasteiger partial charge in [-0.1, -0.05) is 49.4 Å². The highest BCUT2D eigenvalue weighted by Gasteiger charge is 2.21. The lowest BCUT2D eigenvalue weighted by atomic mass is 10.1. The summed E-state index contributed by atoms with van der Waals surface area (Å²) in [6, 6.07) is 16.9. The minimum atomic E-state index is -0.250. The van der Waals surface area contributed by atoms with Gasteiger partial charge in [-0.3, -0.25) is 4.79 Å². The number of hydrogen-bond donors (Lipinski definition) is 1. The van der Waals surface area contributed by atoms with Crippen LogP contribution in [0.4, 0.5) is 0 Å². The smallest absolute Gasteiger partial charge is 0.252 e. The van der Waals surface area contributed by atoms with Gasteiger partial charge >= 0.3 is 0 Å². The molecule has 0 saturated heterocycles. The molecule has 0 aliphatic rings. The fourth-order valence-corrected chi connectivity index (χ4v) is 2.41. The Balaban J connectivity index is 1.92. The van der Waals surface area contributed by atoms with Crippen molar-refractivity contribution >= 4 is 16.9 Å². The summed E-state index contributed by atoms with van der Waals surface area (Å²) < 4.78 is 1.78. The SMILES string of the molecule is CC(C)C(NC(=O)c1ccccc1)n1nnc2ccccc21. The summed E-state index contributed by atoms with van der Waals surface area (Å²) in [5, 5.41) is 11.4. The Morgan fingerprint density at radius 3 is 2.45 bits per heavy atom. The molecular weight excluding hydrogens is 276 g/mol. The molecule has 1 amide bonds. The highest BCUT2D eigenvalue weighted by Crippen LogP contribution is 2.20. The maximum absolute atomic E-state index is 12.4.